The molecule has 0 N–H and O–H groups in total. The molecule has 0 fully saturated rings. The maximum atomic E-state index is 2.48. The zero-order valence-corrected chi connectivity index (χ0v) is 29.6. The van der Waals surface area contributed by atoms with Gasteiger partial charge in [0.15, 0.2) is 0 Å². The van der Waals surface area contributed by atoms with Crippen LogP contribution in [0.15, 0.2) is 188 Å². The molecule has 0 atom stereocenters. The standard InChI is InChI=1S/C53H33N/c1-4-14-40-33(11-1)27-38-28-39(23-24-43(38)40)54-52-25-21-36(48-29-34-12-2-5-15-41(34)44-17-7-9-19-46(44)48)31-50(52)51-32-37(22-26-53(51)54)49-30-35-13-3-6-16-42(35)45-18-8-10-20-47(45)49/h1-26,28-32H,27H2. The van der Waals surface area contributed by atoms with Gasteiger partial charge in [0.1, 0.15) is 0 Å². The molecule has 1 heteroatoms. The molecule has 1 aliphatic carbocycles. The Hall–Kier alpha value is -6.96. The molecule has 11 aromatic rings. The Labute approximate surface area is 313 Å². The van der Waals surface area contributed by atoms with Gasteiger partial charge in [0.05, 0.1) is 11.0 Å². The number of fused-ring (bicyclic) bond motifs is 12. The molecule has 1 nitrogen and oxygen atoms in total. The summed E-state index contributed by atoms with van der Waals surface area (Å²) in [6.07, 6.45) is 0.967. The second kappa shape index (κ2) is 11.3. The number of benzene rings is 10. The first-order chi connectivity index (χ1) is 26.8. The third-order valence-electron chi connectivity index (χ3n) is 12.0. The fraction of sp³-hybridized carbons (Fsp3) is 0.0189. The van der Waals surface area contributed by atoms with Gasteiger partial charge in [0.25, 0.3) is 0 Å². The van der Waals surface area contributed by atoms with Gasteiger partial charge in [-0.2, -0.15) is 0 Å². The molecule has 0 saturated heterocycles. The van der Waals surface area contributed by atoms with Crippen molar-refractivity contribution < 1.29 is 0 Å². The van der Waals surface area contributed by atoms with Crippen LogP contribution in [0, 0.1) is 0 Å². The van der Waals surface area contributed by atoms with Crippen LogP contribution in [0.25, 0.3) is 104 Å². The smallest absolute Gasteiger partial charge is 0.0541 e. The molecule has 1 aromatic heterocycles. The Balaban J connectivity index is 1.13. The second-order valence-electron chi connectivity index (χ2n) is 14.9. The summed E-state index contributed by atoms with van der Waals surface area (Å²) in [5.74, 6) is 0. The SMILES string of the molecule is c1ccc2c(c1)Cc1cc(-n3c4ccc(-c5cc6ccccc6c6ccccc56)cc4c4cc(-c5cc6ccccc6c6ccccc56)ccc43)ccc1-2. The first-order valence-corrected chi connectivity index (χ1v) is 18.9. The van der Waals surface area contributed by atoms with E-state index in [1.54, 1.807) is 0 Å². The normalized spacial score (nSPS) is 12.4. The van der Waals surface area contributed by atoms with Crippen LogP contribution in [0.4, 0.5) is 0 Å². The van der Waals surface area contributed by atoms with E-state index in [1.165, 1.54) is 115 Å². The molecule has 0 spiro atoms. The largest absolute Gasteiger partial charge is 0.309 e. The predicted octanol–water partition coefficient (Wildman–Crippen LogP) is 14.3. The number of nitrogens with zero attached hydrogens (tertiary/aromatic N) is 1. The van der Waals surface area contributed by atoms with Crippen LogP contribution >= 0.6 is 0 Å². The Morgan fingerprint density at radius 3 is 1.37 bits per heavy atom. The van der Waals surface area contributed by atoms with Crippen LogP contribution in [0.5, 0.6) is 0 Å². The third kappa shape index (κ3) is 4.27. The highest BCUT2D eigenvalue weighted by Crippen LogP contribution is 2.43. The lowest BCUT2D eigenvalue weighted by molar-refractivity contribution is 1.16. The average Bonchev–Trinajstić information content (AvgIpc) is 3.77. The van der Waals surface area contributed by atoms with Gasteiger partial charge < -0.3 is 4.57 Å². The van der Waals surface area contributed by atoms with E-state index in [2.05, 4.69) is 193 Å². The van der Waals surface area contributed by atoms with Gasteiger partial charge in [-0.25, -0.2) is 0 Å². The van der Waals surface area contributed by atoms with Crippen LogP contribution in [-0.2, 0) is 6.42 Å². The number of aromatic nitrogens is 1. The van der Waals surface area contributed by atoms with Gasteiger partial charge in [-0.15, -0.1) is 0 Å². The molecule has 0 unspecified atom stereocenters. The lowest BCUT2D eigenvalue weighted by atomic mass is 9.92. The van der Waals surface area contributed by atoms with E-state index in [9.17, 15) is 0 Å². The highest BCUT2D eigenvalue weighted by atomic mass is 15.0. The predicted molar refractivity (Wildman–Crippen MR) is 230 cm³/mol. The minimum atomic E-state index is 0.967. The molecular weight excluding hydrogens is 651 g/mol. The molecule has 1 aliphatic rings. The summed E-state index contributed by atoms with van der Waals surface area (Å²) in [5.41, 5.74) is 14.1. The molecule has 54 heavy (non-hydrogen) atoms. The van der Waals surface area contributed by atoms with Crippen LogP contribution in [-0.4, -0.2) is 4.57 Å². The fourth-order valence-corrected chi connectivity index (χ4v) is 9.49. The average molecular weight is 684 g/mol. The van der Waals surface area contributed by atoms with Crippen molar-refractivity contribution in [2.75, 3.05) is 0 Å². The van der Waals surface area contributed by atoms with Gasteiger partial charge in [0.2, 0.25) is 0 Å². The van der Waals surface area contributed by atoms with E-state index in [-0.39, 0.29) is 0 Å². The Morgan fingerprint density at radius 1 is 0.296 bits per heavy atom. The van der Waals surface area contributed by atoms with Crippen LogP contribution in [0.2, 0.25) is 0 Å². The van der Waals surface area contributed by atoms with Crippen molar-refractivity contribution in [1.29, 1.82) is 0 Å². The molecule has 12 rings (SSSR count). The zero-order chi connectivity index (χ0) is 35.3. The van der Waals surface area contributed by atoms with E-state index in [4.69, 9.17) is 0 Å². The first kappa shape index (κ1) is 29.6. The Morgan fingerprint density at radius 2 is 0.778 bits per heavy atom. The molecule has 0 radical (unpaired) electrons. The third-order valence-corrected chi connectivity index (χ3v) is 12.0. The molecule has 10 aromatic carbocycles. The Bertz CT molecular complexity index is 3180. The maximum Gasteiger partial charge on any atom is 0.0541 e. The van der Waals surface area contributed by atoms with E-state index in [0.29, 0.717) is 0 Å². The van der Waals surface area contributed by atoms with Gasteiger partial charge in [-0.3, -0.25) is 0 Å². The van der Waals surface area contributed by atoms with Gasteiger partial charge in [-0.05, 0) is 143 Å². The molecule has 0 saturated carbocycles. The Kier molecular flexibility index (Phi) is 6.18. The molecule has 0 bridgehead atoms. The van der Waals surface area contributed by atoms with Crippen LogP contribution in [0.3, 0.4) is 0 Å². The maximum absolute atomic E-state index is 2.48. The summed E-state index contributed by atoms with van der Waals surface area (Å²) < 4.78 is 2.48. The lowest BCUT2D eigenvalue weighted by Gasteiger charge is -2.13. The number of hydrogen-bond acceptors (Lipinski definition) is 0. The van der Waals surface area contributed by atoms with E-state index >= 15 is 0 Å². The van der Waals surface area contributed by atoms with Gasteiger partial charge in [0, 0.05) is 16.5 Å². The van der Waals surface area contributed by atoms with Crippen molar-refractivity contribution in [1.82, 2.24) is 4.57 Å². The van der Waals surface area contributed by atoms with Crippen molar-refractivity contribution in [3.63, 3.8) is 0 Å². The summed E-state index contributed by atoms with van der Waals surface area (Å²) in [6, 6.07) is 70.1. The van der Waals surface area contributed by atoms with Crippen LogP contribution < -0.4 is 0 Å². The fourth-order valence-electron chi connectivity index (χ4n) is 9.49. The first-order valence-electron chi connectivity index (χ1n) is 18.9. The van der Waals surface area contributed by atoms with Gasteiger partial charge >= 0.3 is 0 Å². The number of rotatable bonds is 3. The molecule has 1 heterocycles. The van der Waals surface area contributed by atoms with Crippen molar-refractivity contribution in [2.24, 2.45) is 0 Å². The highest BCUT2D eigenvalue weighted by molar-refractivity contribution is 6.18. The lowest BCUT2D eigenvalue weighted by Crippen LogP contribution is -1.95. The molecule has 250 valence electrons. The van der Waals surface area contributed by atoms with Crippen molar-refractivity contribution in [2.45, 2.75) is 6.42 Å². The molecular formula is C53H33N. The van der Waals surface area contributed by atoms with E-state index < -0.39 is 0 Å². The van der Waals surface area contributed by atoms with Crippen LogP contribution in [0.1, 0.15) is 11.1 Å². The second-order valence-corrected chi connectivity index (χ2v) is 14.9. The topological polar surface area (TPSA) is 4.93 Å². The minimum absolute atomic E-state index is 0.967. The van der Waals surface area contributed by atoms with E-state index in [0.717, 1.165) is 6.42 Å². The summed E-state index contributed by atoms with van der Waals surface area (Å²) in [7, 11) is 0. The van der Waals surface area contributed by atoms with Gasteiger partial charge in [-0.1, -0.05) is 140 Å². The quantitative estimate of drug-likeness (QED) is 0.163. The summed E-state index contributed by atoms with van der Waals surface area (Å²) in [6.45, 7) is 0. The summed E-state index contributed by atoms with van der Waals surface area (Å²) in [5, 5.41) is 12.8. The summed E-state index contributed by atoms with van der Waals surface area (Å²) in [4.78, 5) is 0. The highest BCUT2D eigenvalue weighted by Gasteiger charge is 2.21. The monoisotopic (exact) mass is 683 g/mol. The molecule has 0 aliphatic heterocycles. The van der Waals surface area contributed by atoms with Crippen molar-refractivity contribution >= 4 is 64.9 Å². The van der Waals surface area contributed by atoms with Crippen molar-refractivity contribution in [3.8, 4) is 39.1 Å². The summed E-state index contributed by atoms with van der Waals surface area (Å²) >= 11 is 0. The minimum Gasteiger partial charge on any atom is -0.309 e. The number of hydrogen-bond donors (Lipinski definition) is 0. The van der Waals surface area contributed by atoms with E-state index in [1.807, 2.05) is 0 Å². The van der Waals surface area contributed by atoms with Crippen molar-refractivity contribution in [3.05, 3.63) is 199 Å². The molecule has 0 amide bonds. The zero-order valence-electron chi connectivity index (χ0n) is 29.6.